The maximum atomic E-state index is 10.3. The van der Waals surface area contributed by atoms with Crippen molar-refractivity contribution in [3.8, 4) is 11.5 Å². The maximum Gasteiger partial charge on any atom is 0.259 e. The molecular weight excluding hydrogens is 316 g/mol. The van der Waals surface area contributed by atoms with E-state index in [1.165, 1.54) is 0 Å². The second kappa shape index (κ2) is 7.44. The fourth-order valence-corrected chi connectivity index (χ4v) is 2.46. The first-order valence-electron chi connectivity index (χ1n) is 8.28. The van der Waals surface area contributed by atoms with Crippen molar-refractivity contribution in [2.75, 3.05) is 18.5 Å². The van der Waals surface area contributed by atoms with Crippen LogP contribution in [0.25, 0.3) is 11.5 Å². The molecule has 0 bridgehead atoms. The normalized spacial score (nSPS) is 12.4. The van der Waals surface area contributed by atoms with Gasteiger partial charge >= 0.3 is 0 Å². The quantitative estimate of drug-likeness (QED) is 0.742. The van der Waals surface area contributed by atoms with Crippen LogP contribution in [0.15, 0.2) is 53.2 Å². The molecule has 1 aromatic carbocycles. The Labute approximate surface area is 147 Å². The van der Waals surface area contributed by atoms with Crippen molar-refractivity contribution in [1.29, 1.82) is 0 Å². The van der Waals surface area contributed by atoms with Gasteiger partial charge in [0, 0.05) is 25.7 Å². The Morgan fingerprint density at radius 2 is 1.88 bits per heavy atom. The zero-order chi connectivity index (χ0) is 17.8. The molecule has 2 aromatic heterocycles. The number of aliphatic hydroxyl groups is 1. The molecule has 1 N–H and O–H groups in total. The van der Waals surface area contributed by atoms with Gasteiger partial charge in [-0.05, 0) is 17.7 Å². The number of hydrogen-bond acceptors (Lipinski definition) is 6. The number of aromatic nitrogens is 3. The van der Waals surface area contributed by atoms with Crippen molar-refractivity contribution in [3.05, 3.63) is 60.0 Å². The van der Waals surface area contributed by atoms with Crippen LogP contribution in [0.4, 0.5) is 5.82 Å². The fraction of sp³-hybridized carbons (Fsp3) is 0.316. The van der Waals surface area contributed by atoms with Crippen LogP contribution >= 0.6 is 0 Å². The minimum Gasteiger partial charge on any atom is -0.387 e. The molecule has 1 atom stereocenters. The molecule has 3 aromatic rings. The number of benzene rings is 1. The van der Waals surface area contributed by atoms with Crippen LogP contribution in [-0.2, 0) is 0 Å². The first-order valence-corrected chi connectivity index (χ1v) is 8.28. The summed E-state index contributed by atoms with van der Waals surface area (Å²) in [4.78, 5) is 10.7. The second-order valence-corrected chi connectivity index (χ2v) is 6.32. The van der Waals surface area contributed by atoms with Crippen LogP contribution in [0.1, 0.15) is 37.3 Å². The molecule has 0 amide bonds. The number of hydrogen-bond donors (Lipinski definition) is 1. The molecule has 0 spiro atoms. The summed E-state index contributed by atoms with van der Waals surface area (Å²) in [5.41, 5.74) is 1.67. The zero-order valence-corrected chi connectivity index (χ0v) is 14.6. The molecule has 3 rings (SSSR count). The second-order valence-electron chi connectivity index (χ2n) is 6.32. The summed E-state index contributed by atoms with van der Waals surface area (Å²) in [6.07, 6.45) is 1.13. The lowest BCUT2D eigenvalue weighted by atomic mass is 10.1. The molecule has 0 aliphatic rings. The molecule has 0 aliphatic carbocycles. The summed E-state index contributed by atoms with van der Waals surface area (Å²) in [5.74, 6) is 2.13. The van der Waals surface area contributed by atoms with E-state index < -0.39 is 6.10 Å². The van der Waals surface area contributed by atoms with Crippen molar-refractivity contribution >= 4 is 5.82 Å². The van der Waals surface area contributed by atoms with Gasteiger partial charge in [0.1, 0.15) is 5.82 Å². The minimum atomic E-state index is -0.572. The first-order chi connectivity index (χ1) is 12.0. The van der Waals surface area contributed by atoms with Crippen LogP contribution in [0.2, 0.25) is 0 Å². The predicted molar refractivity (Wildman–Crippen MR) is 96.3 cm³/mol. The Morgan fingerprint density at radius 3 is 2.48 bits per heavy atom. The summed E-state index contributed by atoms with van der Waals surface area (Å²) in [6, 6.07) is 13.4. The van der Waals surface area contributed by atoms with Crippen LogP contribution in [0.3, 0.4) is 0 Å². The van der Waals surface area contributed by atoms with Crippen LogP contribution < -0.4 is 4.90 Å². The summed E-state index contributed by atoms with van der Waals surface area (Å²) in [7, 11) is 1.90. The van der Waals surface area contributed by atoms with Crippen molar-refractivity contribution in [2.45, 2.75) is 25.9 Å². The first kappa shape index (κ1) is 17.1. The van der Waals surface area contributed by atoms with E-state index in [1.54, 1.807) is 6.20 Å². The molecule has 6 heteroatoms. The van der Waals surface area contributed by atoms with Gasteiger partial charge in [0.2, 0.25) is 0 Å². The van der Waals surface area contributed by atoms with E-state index in [-0.39, 0.29) is 5.92 Å². The Balaban J connectivity index is 1.69. The molecule has 1 unspecified atom stereocenters. The lowest BCUT2D eigenvalue weighted by Gasteiger charge is -2.22. The molecule has 0 saturated carbocycles. The molecule has 0 aliphatic heterocycles. The van der Waals surface area contributed by atoms with E-state index >= 15 is 0 Å². The van der Waals surface area contributed by atoms with E-state index in [2.05, 4.69) is 15.1 Å². The average Bonchev–Trinajstić information content (AvgIpc) is 3.13. The topological polar surface area (TPSA) is 75.3 Å². The number of pyridine rings is 1. The van der Waals surface area contributed by atoms with Gasteiger partial charge in [-0.25, -0.2) is 4.98 Å². The summed E-state index contributed by atoms with van der Waals surface area (Å²) in [5, 5.41) is 14.3. The van der Waals surface area contributed by atoms with Gasteiger partial charge in [0.05, 0.1) is 11.7 Å². The third kappa shape index (κ3) is 4.03. The van der Waals surface area contributed by atoms with E-state index in [0.29, 0.717) is 18.3 Å². The molecule has 130 valence electrons. The largest absolute Gasteiger partial charge is 0.387 e. The number of likely N-dealkylation sites (N-methyl/N-ethyl adjacent to an activating group) is 1. The average molecular weight is 338 g/mol. The molecule has 0 radical (unpaired) electrons. The van der Waals surface area contributed by atoms with Gasteiger partial charge in [-0.15, -0.1) is 0 Å². The van der Waals surface area contributed by atoms with Crippen LogP contribution in [0.5, 0.6) is 0 Å². The highest BCUT2D eigenvalue weighted by Crippen LogP contribution is 2.22. The zero-order valence-electron chi connectivity index (χ0n) is 14.6. The Morgan fingerprint density at radius 1 is 1.12 bits per heavy atom. The van der Waals surface area contributed by atoms with Crippen LogP contribution in [-0.4, -0.2) is 33.8 Å². The van der Waals surface area contributed by atoms with Gasteiger partial charge in [-0.1, -0.05) is 49.3 Å². The highest BCUT2D eigenvalue weighted by Gasteiger charge is 2.14. The Hall–Kier alpha value is -2.73. The van der Waals surface area contributed by atoms with Gasteiger partial charge < -0.3 is 14.5 Å². The maximum absolute atomic E-state index is 10.3. The third-order valence-corrected chi connectivity index (χ3v) is 3.98. The number of nitrogens with zero attached hydrogens (tertiary/aromatic N) is 4. The number of anilines is 1. The standard InChI is InChI=1S/C19H22N4O2/c1-13(2)18-21-19(25-22-18)15-9-10-17(20-11-15)23(3)12-16(24)14-7-5-4-6-8-14/h4-11,13,16,24H,12H2,1-3H3. The van der Waals surface area contributed by atoms with E-state index in [1.807, 2.05) is 68.3 Å². The van der Waals surface area contributed by atoms with Crippen LogP contribution in [0, 0.1) is 0 Å². The molecule has 2 heterocycles. The molecule has 0 fully saturated rings. The van der Waals surface area contributed by atoms with Gasteiger partial charge in [-0.3, -0.25) is 0 Å². The van der Waals surface area contributed by atoms with Gasteiger partial charge in [0.25, 0.3) is 5.89 Å². The third-order valence-electron chi connectivity index (χ3n) is 3.98. The van der Waals surface area contributed by atoms with Crippen molar-refractivity contribution < 1.29 is 9.63 Å². The van der Waals surface area contributed by atoms with Crippen molar-refractivity contribution in [3.63, 3.8) is 0 Å². The smallest absolute Gasteiger partial charge is 0.259 e. The molecule has 25 heavy (non-hydrogen) atoms. The SMILES string of the molecule is CC(C)c1noc(-c2ccc(N(C)CC(O)c3ccccc3)nc2)n1. The Bertz CT molecular complexity index is 800. The van der Waals surface area contributed by atoms with Crippen molar-refractivity contribution in [2.24, 2.45) is 0 Å². The summed E-state index contributed by atoms with van der Waals surface area (Å²) in [6.45, 7) is 4.49. The monoisotopic (exact) mass is 338 g/mol. The van der Waals surface area contributed by atoms with E-state index in [9.17, 15) is 5.11 Å². The highest BCUT2D eigenvalue weighted by atomic mass is 16.5. The molecule has 0 saturated heterocycles. The predicted octanol–water partition coefficient (Wildman–Crippen LogP) is 3.42. The Kier molecular flexibility index (Phi) is 5.09. The van der Waals surface area contributed by atoms with E-state index in [4.69, 9.17) is 4.52 Å². The lowest BCUT2D eigenvalue weighted by Crippen LogP contribution is -2.24. The lowest BCUT2D eigenvalue weighted by molar-refractivity contribution is 0.185. The van der Waals surface area contributed by atoms with Gasteiger partial charge in [0.15, 0.2) is 5.82 Å². The molecule has 6 nitrogen and oxygen atoms in total. The molecular formula is C19H22N4O2. The summed E-state index contributed by atoms with van der Waals surface area (Å²) < 4.78 is 5.28. The number of rotatable bonds is 6. The fourth-order valence-electron chi connectivity index (χ4n) is 2.46. The van der Waals surface area contributed by atoms with Crippen molar-refractivity contribution in [1.82, 2.24) is 15.1 Å². The van der Waals surface area contributed by atoms with Gasteiger partial charge in [-0.2, -0.15) is 4.98 Å². The summed E-state index contributed by atoms with van der Waals surface area (Å²) >= 11 is 0. The number of aliphatic hydroxyl groups excluding tert-OH is 1. The van der Waals surface area contributed by atoms with E-state index in [0.717, 1.165) is 16.9 Å². The highest BCUT2D eigenvalue weighted by molar-refractivity contribution is 5.54. The minimum absolute atomic E-state index is 0.218.